The molecule has 1 unspecified atom stereocenters. The molecule has 19 heavy (non-hydrogen) atoms. The third kappa shape index (κ3) is 2.23. The fourth-order valence-electron chi connectivity index (χ4n) is 3.31. The number of nitrogens with one attached hydrogen (secondary N) is 1. The van der Waals surface area contributed by atoms with E-state index in [4.69, 9.17) is 4.74 Å². The van der Waals surface area contributed by atoms with Crippen LogP contribution in [0.4, 0.5) is 5.82 Å². The van der Waals surface area contributed by atoms with E-state index in [2.05, 4.69) is 27.3 Å². The van der Waals surface area contributed by atoms with Crippen LogP contribution in [0.3, 0.4) is 0 Å². The first-order valence-corrected chi connectivity index (χ1v) is 7.38. The molecule has 3 aliphatic rings. The molecule has 1 saturated carbocycles. The second-order valence-corrected chi connectivity index (χ2v) is 6.15. The Bertz CT molecular complexity index is 466. The van der Waals surface area contributed by atoms with Gasteiger partial charge in [0.25, 0.3) is 0 Å². The van der Waals surface area contributed by atoms with E-state index < -0.39 is 0 Å². The lowest BCUT2D eigenvalue weighted by Crippen LogP contribution is -2.55. The number of aromatic nitrogens is 1. The Morgan fingerprint density at radius 2 is 2.37 bits per heavy atom. The van der Waals surface area contributed by atoms with Crippen LogP contribution in [0.1, 0.15) is 30.7 Å². The Morgan fingerprint density at radius 3 is 3.16 bits per heavy atom. The molecule has 0 aromatic carbocycles. The van der Waals surface area contributed by atoms with Crippen molar-refractivity contribution in [3.8, 4) is 0 Å². The number of hydrogen-bond acceptors (Lipinski definition) is 4. The zero-order valence-corrected chi connectivity index (χ0v) is 11.3. The molecule has 1 aliphatic carbocycles. The van der Waals surface area contributed by atoms with Crippen molar-refractivity contribution in [1.29, 1.82) is 0 Å². The number of pyridine rings is 1. The van der Waals surface area contributed by atoms with Gasteiger partial charge in [0.2, 0.25) is 0 Å². The predicted molar refractivity (Wildman–Crippen MR) is 74.6 cm³/mol. The van der Waals surface area contributed by atoms with Crippen molar-refractivity contribution in [3.05, 3.63) is 23.9 Å². The van der Waals surface area contributed by atoms with E-state index in [1.807, 2.05) is 6.20 Å². The Labute approximate surface area is 114 Å². The summed E-state index contributed by atoms with van der Waals surface area (Å²) in [6, 6.07) is 4.47. The summed E-state index contributed by atoms with van der Waals surface area (Å²) in [5.74, 6) is 1.95. The third-order valence-electron chi connectivity index (χ3n) is 4.62. The monoisotopic (exact) mass is 259 g/mol. The van der Waals surface area contributed by atoms with Gasteiger partial charge in [-0.05, 0) is 42.9 Å². The maximum atomic E-state index is 5.65. The normalized spacial score (nSPS) is 31.1. The zero-order chi connectivity index (χ0) is 12.7. The van der Waals surface area contributed by atoms with Gasteiger partial charge in [-0.2, -0.15) is 0 Å². The molecule has 4 nitrogen and oxygen atoms in total. The minimum atomic E-state index is 0.162. The maximum absolute atomic E-state index is 5.65. The smallest absolute Gasteiger partial charge is 0.128 e. The van der Waals surface area contributed by atoms with Crippen molar-refractivity contribution < 1.29 is 4.74 Å². The van der Waals surface area contributed by atoms with Gasteiger partial charge >= 0.3 is 0 Å². The Hall–Kier alpha value is -1.13. The quantitative estimate of drug-likeness (QED) is 0.874. The summed E-state index contributed by atoms with van der Waals surface area (Å²) >= 11 is 0. The van der Waals surface area contributed by atoms with Crippen LogP contribution in [0.15, 0.2) is 18.3 Å². The first kappa shape index (κ1) is 11.7. The van der Waals surface area contributed by atoms with Crippen LogP contribution in [0.2, 0.25) is 0 Å². The van der Waals surface area contributed by atoms with Crippen molar-refractivity contribution in [2.24, 2.45) is 0 Å². The van der Waals surface area contributed by atoms with Gasteiger partial charge in [-0.1, -0.05) is 0 Å². The van der Waals surface area contributed by atoms with Gasteiger partial charge in [0.1, 0.15) is 5.82 Å². The van der Waals surface area contributed by atoms with Gasteiger partial charge < -0.3 is 15.0 Å². The van der Waals surface area contributed by atoms with Crippen LogP contribution in [0.25, 0.3) is 0 Å². The third-order valence-corrected chi connectivity index (χ3v) is 4.62. The largest absolute Gasteiger partial charge is 0.378 e. The van der Waals surface area contributed by atoms with Gasteiger partial charge in [-0.3, -0.25) is 0 Å². The van der Waals surface area contributed by atoms with E-state index in [1.165, 1.54) is 18.4 Å². The zero-order valence-electron chi connectivity index (χ0n) is 11.3. The van der Waals surface area contributed by atoms with E-state index in [0.717, 1.165) is 51.0 Å². The Kier molecular flexibility index (Phi) is 2.74. The van der Waals surface area contributed by atoms with Crippen LogP contribution in [-0.2, 0) is 4.74 Å². The van der Waals surface area contributed by atoms with Crippen molar-refractivity contribution in [1.82, 2.24) is 10.3 Å². The van der Waals surface area contributed by atoms with Gasteiger partial charge in [0.05, 0.1) is 18.8 Å². The highest BCUT2D eigenvalue weighted by Crippen LogP contribution is 2.41. The molecule has 2 aliphatic heterocycles. The number of anilines is 1. The van der Waals surface area contributed by atoms with E-state index in [-0.39, 0.29) is 5.54 Å². The summed E-state index contributed by atoms with van der Waals surface area (Å²) in [5.41, 5.74) is 1.63. The standard InChI is InChI=1S/C15H21N3O/c1-2-12(1)13-3-5-16-14(9-13)18-7-4-15(10-18)11-19-8-6-17-15/h3,5,9,12,17H,1-2,4,6-8,10-11H2. The molecule has 102 valence electrons. The number of hydrogen-bond donors (Lipinski definition) is 1. The lowest BCUT2D eigenvalue weighted by molar-refractivity contribution is 0.0368. The minimum Gasteiger partial charge on any atom is -0.378 e. The summed E-state index contributed by atoms with van der Waals surface area (Å²) in [4.78, 5) is 6.98. The van der Waals surface area contributed by atoms with E-state index in [0.29, 0.717) is 0 Å². The molecule has 1 N–H and O–H groups in total. The number of morpholine rings is 1. The van der Waals surface area contributed by atoms with Crippen molar-refractivity contribution >= 4 is 5.82 Å². The molecule has 1 aromatic heterocycles. The number of rotatable bonds is 2. The summed E-state index contributed by atoms with van der Waals surface area (Å²) < 4.78 is 5.65. The van der Waals surface area contributed by atoms with Crippen LogP contribution < -0.4 is 10.2 Å². The van der Waals surface area contributed by atoms with Crippen LogP contribution in [-0.4, -0.2) is 43.4 Å². The molecule has 1 spiro atoms. The number of nitrogens with zero attached hydrogens (tertiary/aromatic N) is 2. The number of ether oxygens (including phenoxy) is 1. The molecular weight excluding hydrogens is 238 g/mol. The second kappa shape index (κ2) is 4.46. The van der Waals surface area contributed by atoms with Crippen molar-refractivity contribution in [2.75, 3.05) is 37.7 Å². The summed E-state index contributed by atoms with van der Waals surface area (Å²) in [7, 11) is 0. The lowest BCUT2D eigenvalue weighted by Gasteiger charge is -2.34. The van der Waals surface area contributed by atoms with Crippen LogP contribution in [0, 0.1) is 0 Å². The lowest BCUT2D eigenvalue weighted by atomic mass is 9.99. The highest BCUT2D eigenvalue weighted by Gasteiger charge is 2.40. The molecule has 4 heteroatoms. The molecule has 0 radical (unpaired) electrons. The minimum absolute atomic E-state index is 0.162. The molecular formula is C15H21N3O. The average molecular weight is 259 g/mol. The highest BCUT2D eigenvalue weighted by atomic mass is 16.5. The molecule has 1 atom stereocenters. The Morgan fingerprint density at radius 1 is 1.42 bits per heavy atom. The summed E-state index contributed by atoms with van der Waals surface area (Å²) in [5, 5.41) is 3.65. The van der Waals surface area contributed by atoms with Gasteiger partial charge in [0.15, 0.2) is 0 Å². The highest BCUT2D eigenvalue weighted by molar-refractivity contribution is 5.45. The van der Waals surface area contributed by atoms with Gasteiger partial charge in [-0.25, -0.2) is 4.98 Å². The summed E-state index contributed by atoms with van der Waals surface area (Å²) in [6.07, 6.45) is 5.83. The SMILES string of the molecule is c1cc(C2CC2)cc(N2CCC3(COCCN3)C2)n1. The van der Waals surface area contributed by atoms with Crippen LogP contribution >= 0.6 is 0 Å². The average Bonchev–Trinajstić information content (AvgIpc) is 3.24. The van der Waals surface area contributed by atoms with Crippen molar-refractivity contribution in [2.45, 2.75) is 30.7 Å². The van der Waals surface area contributed by atoms with E-state index in [1.54, 1.807) is 0 Å². The molecule has 3 heterocycles. The molecule has 4 rings (SSSR count). The Balaban J connectivity index is 1.52. The topological polar surface area (TPSA) is 37.4 Å². The first-order chi connectivity index (χ1) is 9.35. The van der Waals surface area contributed by atoms with Gasteiger partial charge in [0, 0.05) is 25.8 Å². The first-order valence-electron chi connectivity index (χ1n) is 7.38. The molecule has 1 aromatic rings. The fourth-order valence-corrected chi connectivity index (χ4v) is 3.31. The van der Waals surface area contributed by atoms with E-state index in [9.17, 15) is 0 Å². The molecule has 3 fully saturated rings. The van der Waals surface area contributed by atoms with E-state index >= 15 is 0 Å². The second-order valence-electron chi connectivity index (χ2n) is 6.15. The summed E-state index contributed by atoms with van der Waals surface area (Å²) in [6.45, 7) is 4.76. The maximum Gasteiger partial charge on any atom is 0.128 e. The van der Waals surface area contributed by atoms with Crippen molar-refractivity contribution in [3.63, 3.8) is 0 Å². The fraction of sp³-hybridized carbons (Fsp3) is 0.667. The molecule has 2 saturated heterocycles. The van der Waals surface area contributed by atoms with Gasteiger partial charge in [-0.15, -0.1) is 0 Å². The predicted octanol–water partition coefficient (Wildman–Crippen LogP) is 1.53. The molecule has 0 bridgehead atoms. The van der Waals surface area contributed by atoms with Crippen LogP contribution in [0.5, 0.6) is 0 Å². The molecule has 0 amide bonds.